The van der Waals surface area contributed by atoms with Crippen LogP contribution in [0.1, 0.15) is 77.6 Å². The van der Waals surface area contributed by atoms with Crippen molar-refractivity contribution in [1.82, 2.24) is 10.2 Å². The normalized spacial score (nSPS) is 25.6. The molecule has 0 unspecified atom stereocenters. The fourth-order valence-corrected chi connectivity index (χ4v) is 4.70. The number of hydrogen-bond acceptors (Lipinski definition) is 3. The van der Waals surface area contributed by atoms with E-state index in [1.165, 1.54) is 32.1 Å². The maximum Gasteiger partial charge on any atom is 0.194 e. The van der Waals surface area contributed by atoms with Crippen LogP contribution in [0.15, 0.2) is 4.99 Å². The molecule has 0 amide bonds. The number of likely N-dealkylation sites (tertiary alicyclic amines) is 1. The predicted octanol–water partition coefficient (Wildman–Crippen LogP) is 3.32. The fourth-order valence-electron chi connectivity index (χ4n) is 4.70. The van der Waals surface area contributed by atoms with Gasteiger partial charge in [-0.2, -0.15) is 0 Å². The van der Waals surface area contributed by atoms with Gasteiger partial charge in [0.1, 0.15) is 0 Å². The Balaban J connectivity index is 1.45. The number of ether oxygens (including phenoxy) is 1. The molecule has 3 rings (SSSR count). The second-order valence-corrected chi connectivity index (χ2v) is 8.63. The third kappa shape index (κ3) is 5.85. The van der Waals surface area contributed by atoms with Crippen molar-refractivity contribution in [3.8, 4) is 0 Å². The molecular formula is C21H39N3O2. The van der Waals surface area contributed by atoms with Crippen molar-refractivity contribution in [2.45, 2.75) is 89.3 Å². The van der Waals surface area contributed by atoms with Gasteiger partial charge in [0.05, 0.1) is 18.2 Å². The molecule has 0 atom stereocenters. The van der Waals surface area contributed by atoms with E-state index in [9.17, 15) is 5.11 Å². The van der Waals surface area contributed by atoms with Gasteiger partial charge in [-0.15, -0.1) is 0 Å². The molecule has 1 aliphatic heterocycles. The number of piperidine rings is 1. The maximum atomic E-state index is 10.7. The monoisotopic (exact) mass is 365 g/mol. The minimum Gasteiger partial charge on any atom is -0.388 e. The van der Waals surface area contributed by atoms with Gasteiger partial charge >= 0.3 is 0 Å². The van der Waals surface area contributed by atoms with Crippen LogP contribution < -0.4 is 5.32 Å². The molecule has 3 fully saturated rings. The Labute approximate surface area is 159 Å². The minimum absolute atomic E-state index is 0.414. The summed E-state index contributed by atoms with van der Waals surface area (Å²) >= 11 is 0. The molecule has 0 spiro atoms. The summed E-state index contributed by atoms with van der Waals surface area (Å²) in [6.07, 6.45) is 13.4. The summed E-state index contributed by atoms with van der Waals surface area (Å²) in [6, 6.07) is 0. The Bertz CT molecular complexity index is 435. The van der Waals surface area contributed by atoms with Crippen LogP contribution in [0.4, 0.5) is 0 Å². The van der Waals surface area contributed by atoms with Gasteiger partial charge in [0, 0.05) is 26.2 Å². The zero-order chi connectivity index (χ0) is 18.2. The summed E-state index contributed by atoms with van der Waals surface area (Å²) in [5.74, 6) is 1.78. The van der Waals surface area contributed by atoms with Crippen LogP contribution in [-0.2, 0) is 4.74 Å². The zero-order valence-electron chi connectivity index (χ0n) is 16.7. The Morgan fingerprint density at radius 3 is 2.42 bits per heavy atom. The molecule has 0 radical (unpaired) electrons. The van der Waals surface area contributed by atoms with Crippen molar-refractivity contribution in [3.05, 3.63) is 0 Å². The first-order valence-corrected chi connectivity index (χ1v) is 11.1. The van der Waals surface area contributed by atoms with E-state index in [-0.39, 0.29) is 0 Å². The summed E-state index contributed by atoms with van der Waals surface area (Å²) in [7, 11) is 0. The maximum absolute atomic E-state index is 10.7. The first kappa shape index (κ1) is 19.9. The van der Waals surface area contributed by atoms with Gasteiger partial charge in [-0.05, 0) is 51.4 Å². The van der Waals surface area contributed by atoms with Gasteiger partial charge in [-0.1, -0.05) is 32.1 Å². The smallest absolute Gasteiger partial charge is 0.194 e. The lowest BCUT2D eigenvalue weighted by molar-refractivity contribution is 0.000246. The van der Waals surface area contributed by atoms with Gasteiger partial charge in [0.2, 0.25) is 0 Å². The highest BCUT2D eigenvalue weighted by Crippen LogP contribution is 2.28. The summed E-state index contributed by atoms with van der Waals surface area (Å²) in [5, 5.41) is 14.2. The number of nitrogens with one attached hydrogen (secondary N) is 1. The van der Waals surface area contributed by atoms with Gasteiger partial charge in [-0.3, -0.25) is 4.99 Å². The van der Waals surface area contributed by atoms with Crippen molar-refractivity contribution in [2.75, 3.05) is 32.8 Å². The standard InChI is InChI=1S/C21H39N3O2/c1-2-22-20(23-17-21(25)12-6-3-7-13-21)24-14-10-19(11-15-24)26-16-18-8-4-5-9-18/h18-19,25H,2-17H2,1H3,(H,22,23). The number of aliphatic imine (C=N–C) groups is 1. The number of aliphatic hydroxyl groups is 1. The van der Waals surface area contributed by atoms with Gasteiger partial charge in [0.15, 0.2) is 5.96 Å². The second kappa shape index (κ2) is 9.93. The van der Waals surface area contributed by atoms with E-state index in [4.69, 9.17) is 9.73 Å². The van der Waals surface area contributed by atoms with E-state index in [0.717, 1.165) is 76.6 Å². The van der Waals surface area contributed by atoms with Crippen LogP contribution in [0.25, 0.3) is 0 Å². The fraction of sp³-hybridized carbons (Fsp3) is 0.952. The van der Waals surface area contributed by atoms with Crippen LogP contribution in [0.3, 0.4) is 0 Å². The first-order valence-electron chi connectivity index (χ1n) is 11.1. The number of guanidine groups is 1. The lowest BCUT2D eigenvalue weighted by atomic mass is 9.85. The van der Waals surface area contributed by atoms with Gasteiger partial charge < -0.3 is 20.1 Å². The lowest BCUT2D eigenvalue weighted by Gasteiger charge is -2.35. The Hall–Kier alpha value is -0.810. The molecule has 5 nitrogen and oxygen atoms in total. The quantitative estimate of drug-likeness (QED) is 0.560. The van der Waals surface area contributed by atoms with Crippen molar-refractivity contribution < 1.29 is 9.84 Å². The van der Waals surface area contributed by atoms with Gasteiger partial charge in [-0.25, -0.2) is 0 Å². The molecule has 2 aliphatic carbocycles. The number of nitrogens with zero attached hydrogens (tertiary/aromatic N) is 2. The van der Waals surface area contributed by atoms with Crippen LogP contribution in [-0.4, -0.2) is 60.5 Å². The third-order valence-corrected chi connectivity index (χ3v) is 6.43. The lowest BCUT2D eigenvalue weighted by Crippen LogP contribution is -2.48. The molecule has 1 saturated heterocycles. The van der Waals surface area contributed by atoms with E-state index >= 15 is 0 Å². The summed E-state index contributed by atoms with van der Waals surface area (Å²) < 4.78 is 6.20. The van der Waals surface area contributed by atoms with E-state index in [1.807, 2.05) is 0 Å². The Morgan fingerprint density at radius 1 is 1.08 bits per heavy atom. The molecule has 3 aliphatic rings. The molecule has 26 heavy (non-hydrogen) atoms. The van der Waals surface area contributed by atoms with Crippen molar-refractivity contribution in [2.24, 2.45) is 10.9 Å². The topological polar surface area (TPSA) is 57.1 Å². The SMILES string of the molecule is CCNC(=NCC1(O)CCCCC1)N1CCC(OCC2CCCC2)CC1. The number of hydrogen-bond donors (Lipinski definition) is 2. The first-order chi connectivity index (χ1) is 12.7. The molecule has 0 aromatic rings. The third-order valence-electron chi connectivity index (χ3n) is 6.43. The van der Waals surface area contributed by atoms with Gasteiger partial charge in [0.25, 0.3) is 0 Å². The van der Waals surface area contributed by atoms with Crippen molar-refractivity contribution >= 4 is 5.96 Å². The largest absolute Gasteiger partial charge is 0.388 e. The second-order valence-electron chi connectivity index (χ2n) is 8.63. The molecular weight excluding hydrogens is 326 g/mol. The highest BCUT2D eigenvalue weighted by atomic mass is 16.5. The van der Waals surface area contributed by atoms with Crippen molar-refractivity contribution in [3.63, 3.8) is 0 Å². The molecule has 0 bridgehead atoms. The molecule has 2 saturated carbocycles. The Morgan fingerprint density at radius 2 is 1.77 bits per heavy atom. The van der Waals surface area contributed by atoms with Crippen LogP contribution in [0, 0.1) is 5.92 Å². The van der Waals surface area contributed by atoms with E-state index < -0.39 is 5.60 Å². The van der Waals surface area contributed by atoms with Crippen LogP contribution >= 0.6 is 0 Å². The predicted molar refractivity (Wildman–Crippen MR) is 107 cm³/mol. The average Bonchev–Trinajstić information content (AvgIpc) is 3.18. The van der Waals surface area contributed by atoms with Crippen LogP contribution in [0.5, 0.6) is 0 Å². The van der Waals surface area contributed by atoms with E-state index in [1.54, 1.807) is 0 Å². The van der Waals surface area contributed by atoms with Crippen LogP contribution in [0.2, 0.25) is 0 Å². The summed E-state index contributed by atoms with van der Waals surface area (Å²) in [5.41, 5.74) is -0.582. The zero-order valence-corrected chi connectivity index (χ0v) is 16.7. The molecule has 150 valence electrons. The van der Waals surface area contributed by atoms with Crippen molar-refractivity contribution in [1.29, 1.82) is 0 Å². The molecule has 1 heterocycles. The van der Waals surface area contributed by atoms with E-state index in [0.29, 0.717) is 12.6 Å². The number of rotatable bonds is 6. The molecule has 0 aromatic carbocycles. The summed E-state index contributed by atoms with van der Waals surface area (Å²) in [4.78, 5) is 7.16. The molecule has 5 heteroatoms. The minimum atomic E-state index is -0.582. The molecule has 2 N–H and O–H groups in total. The highest BCUT2D eigenvalue weighted by molar-refractivity contribution is 5.80. The Kier molecular flexibility index (Phi) is 7.62. The van der Waals surface area contributed by atoms with E-state index in [2.05, 4.69) is 17.1 Å². The molecule has 0 aromatic heterocycles. The average molecular weight is 366 g/mol. The highest BCUT2D eigenvalue weighted by Gasteiger charge is 2.30. The summed E-state index contributed by atoms with van der Waals surface area (Å²) in [6.45, 7) is 6.48.